The van der Waals surface area contributed by atoms with Crippen LogP contribution in [0.3, 0.4) is 0 Å². The number of nitro benzene ring substituents is 1. The lowest BCUT2D eigenvalue weighted by molar-refractivity contribution is -0.384. The first-order chi connectivity index (χ1) is 11.9. The molecule has 0 atom stereocenters. The van der Waals surface area contributed by atoms with Crippen molar-refractivity contribution in [3.05, 3.63) is 63.2 Å². The number of oxime groups is 1. The Kier molecular flexibility index (Phi) is 4.52. The van der Waals surface area contributed by atoms with Crippen LogP contribution in [0.2, 0.25) is 0 Å². The van der Waals surface area contributed by atoms with Gasteiger partial charge in [-0.05, 0) is 52.8 Å². The van der Waals surface area contributed by atoms with Crippen LogP contribution in [0.1, 0.15) is 43.4 Å². The molecule has 6 heteroatoms. The van der Waals surface area contributed by atoms with Crippen molar-refractivity contribution in [2.45, 2.75) is 32.1 Å². The maximum atomic E-state index is 11.1. The Morgan fingerprint density at radius 2 is 1.84 bits per heavy atom. The number of fused-ring (bicyclic) bond motifs is 3. The zero-order valence-corrected chi connectivity index (χ0v) is 14.9. The predicted octanol–water partition coefficient (Wildman–Crippen LogP) is 5.10. The molecular weight excluding hydrogens is 340 g/mol. The molecule has 1 N–H and O–H groups in total. The number of alkyl halides is 1. The van der Waals surface area contributed by atoms with Crippen LogP contribution in [-0.4, -0.2) is 21.7 Å². The molecule has 0 spiro atoms. The Morgan fingerprint density at radius 1 is 1.20 bits per heavy atom. The van der Waals surface area contributed by atoms with E-state index in [-0.39, 0.29) is 16.0 Å². The monoisotopic (exact) mass is 358 g/mol. The third kappa shape index (κ3) is 2.89. The third-order valence-corrected chi connectivity index (χ3v) is 5.14. The number of rotatable bonds is 5. The summed E-state index contributed by atoms with van der Waals surface area (Å²) in [4.78, 5) is 10.8. The highest BCUT2D eigenvalue weighted by atomic mass is 35.5. The van der Waals surface area contributed by atoms with Crippen LogP contribution in [0.4, 0.5) is 5.69 Å². The van der Waals surface area contributed by atoms with Gasteiger partial charge < -0.3 is 5.21 Å². The van der Waals surface area contributed by atoms with E-state index >= 15 is 0 Å². The molecule has 0 aliphatic heterocycles. The zero-order chi connectivity index (χ0) is 18.2. The van der Waals surface area contributed by atoms with Crippen LogP contribution in [0.25, 0.3) is 11.1 Å². The van der Waals surface area contributed by atoms with E-state index in [9.17, 15) is 15.3 Å². The molecule has 0 saturated carbocycles. The molecule has 0 unspecified atom stereocenters. The average molecular weight is 359 g/mol. The van der Waals surface area contributed by atoms with Crippen molar-refractivity contribution < 1.29 is 10.1 Å². The summed E-state index contributed by atoms with van der Waals surface area (Å²) < 4.78 is 0. The van der Waals surface area contributed by atoms with Crippen molar-refractivity contribution >= 4 is 23.0 Å². The zero-order valence-electron chi connectivity index (χ0n) is 14.1. The van der Waals surface area contributed by atoms with E-state index in [0.29, 0.717) is 18.0 Å². The number of nitro groups is 1. The minimum Gasteiger partial charge on any atom is -0.411 e. The van der Waals surface area contributed by atoms with Gasteiger partial charge in [0.05, 0.1) is 10.6 Å². The fourth-order valence-corrected chi connectivity index (χ4v) is 3.64. The summed E-state index contributed by atoms with van der Waals surface area (Å²) in [7, 11) is 0. The van der Waals surface area contributed by atoms with Gasteiger partial charge in [-0.1, -0.05) is 31.1 Å². The van der Waals surface area contributed by atoms with Crippen LogP contribution >= 0.6 is 11.6 Å². The number of nitrogens with zero attached hydrogens (tertiary/aromatic N) is 2. The van der Waals surface area contributed by atoms with Gasteiger partial charge in [0.15, 0.2) is 0 Å². The number of non-ortho nitro benzene ring substituents is 1. The van der Waals surface area contributed by atoms with Gasteiger partial charge >= 0.3 is 0 Å². The fourth-order valence-electron chi connectivity index (χ4n) is 3.50. The molecule has 3 rings (SSSR count). The van der Waals surface area contributed by atoms with E-state index in [1.54, 1.807) is 12.1 Å². The van der Waals surface area contributed by atoms with Crippen molar-refractivity contribution in [2.24, 2.45) is 5.16 Å². The summed E-state index contributed by atoms with van der Waals surface area (Å²) in [6, 6.07) is 11.0. The van der Waals surface area contributed by atoms with Gasteiger partial charge in [-0.3, -0.25) is 10.1 Å². The van der Waals surface area contributed by atoms with Crippen LogP contribution in [0.5, 0.6) is 0 Å². The van der Waals surface area contributed by atoms with E-state index in [2.05, 4.69) is 19.0 Å². The molecule has 25 heavy (non-hydrogen) atoms. The number of benzene rings is 2. The molecule has 0 saturated heterocycles. The topological polar surface area (TPSA) is 75.7 Å². The molecular formula is C19H19ClN2O3. The largest absolute Gasteiger partial charge is 0.411 e. The van der Waals surface area contributed by atoms with E-state index in [1.807, 2.05) is 24.3 Å². The molecule has 0 heterocycles. The number of halogens is 1. The van der Waals surface area contributed by atoms with E-state index in [4.69, 9.17) is 11.6 Å². The van der Waals surface area contributed by atoms with Crippen molar-refractivity contribution in [3.63, 3.8) is 0 Å². The Hall–Kier alpha value is -2.40. The Morgan fingerprint density at radius 3 is 2.44 bits per heavy atom. The quantitative estimate of drug-likeness (QED) is 0.265. The van der Waals surface area contributed by atoms with Gasteiger partial charge in [-0.2, -0.15) is 0 Å². The summed E-state index contributed by atoms with van der Waals surface area (Å²) in [6.45, 7) is 4.11. The summed E-state index contributed by atoms with van der Waals surface area (Å²) in [6.07, 6.45) is 1.32. The molecule has 0 amide bonds. The van der Waals surface area contributed by atoms with Crippen molar-refractivity contribution in [2.75, 3.05) is 5.88 Å². The minimum atomic E-state index is -0.368. The first-order valence-corrected chi connectivity index (χ1v) is 8.64. The van der Waals surface area contributed by atoms with Crippen LogP contribution < -0.4 is 0 Å². The van der Waals surface area contributed by atoms with Crippen molar-refractivity contribution in [3.8, 4) is 11.1 Å². The second-order valence-electron chi connectivity index (χ2n) is 6.71. The lowest BCUT2D eigenvalue weighted by Gasteiger charge is -2.21. The van der Waals surface area contributed by atoms with Gasteiger partial charge in [0.1, 0.15) is 0 Å². The number of hydrogen-bond donors (Lipinski definition) is 1. The normalized spacial score (nSPS) is 14.9. The Bertz CT molecular complexity index is 875. The van der Waals surface area contributed by atoms with Crippen molar-refractivity contribution in [1.29, 1.82) is 0 Å². The van der Waals surface area contributed by atoms with Gasteiger partial charge in [-0.15, -0.1) is 11.6 Å². The maximum Gasteiger partial charge on any atom is 0.269 e. The molecule has 2 aromatic carbocycles. The fraction of sp³-hybridized carbons (Fsp3) is 0.316. The maximum absolute atomic E-state index is 11.1. The Labute approximate surface area is 151 Å². The summed E-state index contributed by atoms with van der Waals surface area (Å²) in [5, 5.41) is 23.9. The molecule has 130 valence electrons. The highest BCUT2D eigenvalue weighted by Crippen LogP contribution is 2.49. The van der Waals surface area contributed by atoms with Crippen LogP contribution in [0, 0.1) is 10.1 Å². The molecule has 1 aliphatic carbocycles. The second-order valence-corrected chi connectivity index (χ2v) is 7.09. The predicted molar refractivity (Wildman–Crippen MR) is 98.9 cm³/mol. The smallest absolute Gasteiger partial charge is 0.269 e. The highest BCUT2D eigenvalue weighted by molar-refractivity contribution is 6.18. The summed E-state index contributed by atoms with van der Waals surface area (Å²) in [5.74, 6) is 0.505. The Balaban J connectivity index is 2.09. The van der Waals surface area contributed by atoms with Gasteiger partial charge in [0.25, 0.3) is 5.69 Å². The van der Waals surface area contributed by atoms with Gasteiger partial charge in [-0.25, -0.2) is 0 Å². The highest BCUT2D eigenvalue weighted by Gasteiger charge is 2.36. The molecule has 0 bridgehead atoms. The third-order valence-electron chi connectivity index (χ3n) is 4.87. The molecule has 2 aromatic rings. The summed E-state index contributed by atoms with van der Waals surface area (Å²) in [5.41, 5.74) is 5.28. The molecule has 5 nitrogen and oxygen atoms in total. The minimum absolute atomic E-state index is 0.0968. The SMILES string of the molecule is CC1(C)c2cc(/C(CCCCl)=N/O)ccc2-c2ccc([N+](=O)[O-])cc21. The lowest BCUT2D eigenvalue weighted by atomic mass is 9.81. The molecule has 0 fully saturated rings. The van der Waals surface area contributed by atoms with Gasteiger partial charge in [0, 0.05) is 23.4 Å². The average Bonchev–Trinajstić information content (AvgIpc) is 2.83. The van der Waals surface area contributed by atoms with E-state index < -0.39 is 0 Å². The lowest BCUT2D eigenvalue weighted by Crippen LogP contribution is -2.16. The van der Waals surface area contributed by atoms with E-state index in [1.165, 1.54) is 0 Å². The summed E-state index contributed by atoms with van der Waals surface area (Å²) >= 11 is 5.74. The van der Waals surface area contributed by atoms with Crippen LogP contribution in [-0.2, 0) is 5.41 Å². The standard InChI is InChI=1S/C19H19ClN2O3/c1-19(2)16-10-12(18(21-23)4-3-9-20)5-7-14(16)15-8-6-13(22(24)25)11-17(15)19/h5-8,10-11,23H,3-4,9H2,1-2H3/b21-18+. The molecule has 0 radical (unpaired) electrons. The first-order valence-electron chi connectivity index (χ1n) is 8.11. The second kappa shape index (κ2) is 6.48. The molecule has 0 aromatic heterocycles. The number of hydrogen-bond acceptors (Lipinski definition) is 4. The van der Waals surface area contributed by atoms with E-state index in [0.717, 1.165) is 34.2 Å². The van der Waals surface area contributed by atoms with Gasteiger partial charge in [0.2, 0.25) is 0 Å². The van der Waals surface area contributed by atoms with Crippen molar-refractivity contribution in [1.82, 2.24) is 0 Å². The molecule has 1 aliphatic rings. The van der Waals surface area contributed by atoms with Crippen LogP contribution in [0.15, 0.2) is 41.6 Å². The first kappa shape index (κ1) is 17.4.